The molecule has 2 aromatic rings. The van der Waals surface area contributed by atoms with Crippen molar-refractivity contribution < 1.29 is 14.4 Å². The highest BCUT2D eigenvalue weighted by molar-refractivity contribution is 6.28. The second-order valence-electron chi connectivity index (χ2n) is 3.85. The molecule has 1 aliphatic carbocycles. The molecule has 0 aliphatic heterocycles. The van der Waals surface area contributed by atoms with Gasteiger partial charge in [0, 0.05) is 22.3 Å². The first-order valence-electron chi connectivity index (χ1n) is 5.52. The van der Waals surface area contributed by atoms with Crippen molar-refractivity contribution in [3.63, 3.8) is 0 Å². The van der Waals surface area contributed by atoms with Crippen LogP contribution >= 0.6 is 0 Å². The van der Waals surface area contributed by atoms with Crippen LogP contribution in [0.25, 0.3) is 0 Å². The Morgan fingerprint density at radius 2 is 0.895 bits per heavy atom. The first-order valence-corrected chi connectivity index (χ1v) is 5.52. The number of rotatable bonds is 0. The van der Waals surface area contributed by atoms with Crippen LogP contribution in [0.5, 0.6) is 0 Å². The van der Waals surface area contributed by atoms with Crippen LogP contribution in [-0.4, -0.2) is 17.6 Å². The number of hydrogen-bond donors (Lipinski definition) is 1. The minimum atomic E-state index is -0.0641. The molecular formula is C15H9NO3. The summed E-state index contributed by atoms with van der Waals surface area (Å²) in [5.74, 6) is -0.128. The van der Waals surface area contributed by atoms with Gasteiger partial charge in [-0.1, -0.05) is 48.5 Å². The number of hydrogen-bond acceptors (Lipinski definition) is 4. The van der Waals surface area contributed by atoms with Crippen LogP contribution in [0.2, 0.25) is 0 Å². The van der Waals surface area contributed by atoms with Crippen LogP contribution in [0.4, 0.5) is 0 Å². The topological polar surface area (TPSA) is 75.1 Å². The van der Waals surface area contributed by atoms with Gasteiger partial charge in [-0.25, -0.2) is 10.2 Å². The summed E-state index contributed by atoms with van der Waals surface area (Å²) in [6.45, 7) is 0. The Kier molecular flexibility index (Phi) is 3.46. The minimum absolute atomic E-state index is 0.0641. The van der Waals surface area contributed by atoms with Crippen molar-refractivity contribution >= 4 is 17.6 Å². The lowest BCUT2D eigenvalue weighted by molar-refractivity contribution is 0.0979. The van der Waals surface area contributed by atoms with Gasteiger partial charge < -0.3 is 0 Å². The SMILES string of the molecule is N=C=O.O=C1c2ccccc2C(=O)c2ccccc21. The molecule has 0 unspecified atom stereocenters. The van der Waals surface area contributed by atoms with Crippen molar-refractivity contribution in [2.24, 2.45) is 0 Å². The molecule has 0 atom stereocenters. The van der Waals surface area contributed by atoms with E-state index in [0.29, 0.717) is 22.3 Å². The average Bonchev–Trinajstić information content (AvgIpc) is 2.46. The third-order valence-corrected chi connectivity index (χ3v) is 2.83. The Bertz CT molecular complexity index is 593. The van der Waals surface area contributed by atoms with E-state index >= 15 is 0 Å². The highest BCUT2D eigenvalue weighted by Gasteiger charge is 2.28. The van der Waals surface area contributed by atoms with Gasteiger partial charge in [-0.3, -0.25) is 9.59 Å². The number of carbonyl (C=O) groups excluding carboxylic acids is 3. The van der Waals surface area contributed by atoms with Crippen molar-refractivity contribution in [2.75, 3.05) is 0 Å². The Labute approximate surface area is 109 Å². The lowest BCUT2D eigenvalue weighted by atomic mass is 9.84. The predicted octanol–water partition coefficient (Wildman–Crippen LogP) is 2.36. The second kappa shape index (κ2) is 5.21. The predicted molar refractivity (Wildman–Crippen MR) is 68.2 cm³/mol. The third-order valence-electron chi connectivity index (χ3n) is 2.83. The summed E-state index contributed by atoms with van der Waals surface area (Å²) in [5, 5.41) is 5.40. The molecule has 4 nitrogen and oxygen atoms in total. The molecule has 3 rings (SSSR count). The fraction of sp³-hybridized carbons (Fsp3) is 0. The molecule has 0 spiro atoms. The normalized spacial score (nSPS) is 11.6. The van der Waals surface area contributed by atoms with E-state index in [4.69, 9.17) is 10.2 Å². The summed E-state index contributed by atoms with van der Waals surface area (Å²) in [4.78, 5) is 32.5. The van der Waals surface area contributed by atoms with Gasteiger partial charge >= 0.3 is 0 Å². The van der Waals surface area contributed by atoms with Gasteiger partial charge in [0.1, 0.15) is 0 Å². The van der Waals surface area contributed by atoms with Gasteiger partial charge in [0.2, 0.25) is 6.08 Å². The second-order valence-corrected chi connectivity index (χ2v) is 3.85. The van der Waals surface area contributed by atoms with Crippen molar-refractivity contribution in [3.8, 4) is 0 Å². The van der Waals surface area contributed by atoms with Crippen molar-refractivity contribution in [2.45, 2.75) is 0 Å². The van der Waals surface area contributed by atoms with Crippen molar-refractivity contribution in [1.82, 2.24) is 0 Å². The Balaban J connectivity index is 0.000000408. The molecule has 0 aromatic heterocycles. The Morgan fingerprint density at radius 3 is 1.11 bits per heavy atom. The Hall–Kier alpha value is -2.84. The van der Waals surface area contributed by atoms with Crippen LogP contribution in [-0.2, 0) is 4.79 Å². The monoisotopic (exact) mass is 251 g/mol. The van der Waals surface area contributed by atoms with Crippen LogP contribution in [0.3, 0.4) is 0 Å². The van der Waals surface area contributed by atoms with Gasteiger partial charge in [-0.2, -0.15) is 0 Å². The summed E-state index contributed by atoms with van der Waals surface area (Å²) in [7, 11) is 0. The van der Waals surface area contributed by atoms with Crippen LogP contribution in [0.15, 0.2) is 48.5 Å². The van der Waals surface area contributed by atoms with Crippen LogP contribution in [0, 0.1) is 5.41 Å². The summed E-state index contributed by atoms with van der Waals surface area (Å²) in [6.07, 6.45) is 0.750. The molecule has 4 heteroatoms. The highest BCUT2D eigenvalue weighted by atomic mass is 16.1. The highest BCUT2D eigenvalue weighted by Crippen LogP contribution is 2.26. The molecule has 92 valence electrons. The van der Waals surface area contributed by atoms with E-state index in [2.05, 4.69) is 0 Å². The van der Waals surface area contributed by atoms with Crippen molar-refractivity contribution in [3.05, 3.63) is 70.8 Å². The number of benzene rings is 2. The maximum atomic E-state index is 12.1. The van der Waals surface area contributed by atoms with Gasteiger partial charge in [0.25, 0.3) is 0 Å². The zero-order valence-corrected chi connectivity index (χ0v) is 9.84. The molecule has 0 heterocycles. The lowest BCUT2D eigenvalue weighted by Crippen LogP contribution is -2.20. The third kappa shape index (κ3) is 2.12. The summed E-state index contributed by atoms with van der Waals surface area (Å²) in [6, 6.07) is 13.9. The number of nitrogens with one attached hydrogen (secondary N) is 1. The maximum Gasteiger partial charge on any atom is 0.231 e. The van der Waals surface area contributed by atoms with Gasteiger partial charge in [0.05, 0.1) is 0 Å². The van der Waals surface area contributed by atoms with Crippen LogP contribution in [0.1, 0.15) is 31.8 Å². The summed E-state index contributed by atoms with van der Waals surface area (Å²) < 4.78 is 0. The molecule has 0 bridgehead atoms. The van der Waals surface area contributed by atoms with Gasteiger partial charge in [-0.05, 0) is 0 Å². The molecule has 0 fully saturated rings. The molecule has 2 aromatic carbocycles. The maximum absolute atomic E-state index is 12.1. The lowest BCUT2D eigenvalue weighted by Gasteiger charge is -2.16. The fourth-order valence-electron chi connectivity index (χ4n) is 2.05. The molecular weight excluding hydrogens is 242 g/mol. The van der Waals surface area contributed by atoms with Crippen LogP contribution < -0.4 is 0 Å². The molecule has 1 aliphatic rings. The summed E-state index contributed by atoms with van der Waals surface area (Å²) >= 11 is 0. The molecule has 0 radical (unpaired) electrons. The number of carbonyl (C=O) groups is 2. The van der Waals surface area contributed by atoms with E-state index in [9.17, 15) is 9.59 Å². The van der Waals surface area contributed by atoms with E-state index < -0.39 is 0 Å². The number of ketones is 2. The quantitative estimate of drug-likeness (QED) is 0.492. The largest absolute Gasteiger partial charge is 0.289 e. The Morgan fingerprint density at radius 1 is 0.684 bits per heavy atom. The van der Waals surface area contributed by atoms with Gasteiger partial charge in [-0.15, -0.1) is 0 Å². The van der Waals surface area contributed by atoms with E-state index in [0.717, 1.165) is 6.08 Å². The first kappa shape index (κ1) is 12.6. The summed E-state index contributed by atoms with van der Waals surface area (Å²) in [5.41, 5.74) is 2.02. The average molecular weight is 251 g/mol. The minimum Gasteiger partial charge on any atom is -0.289 e. The molecule has 19 heavy (non-hydrogen) atoms. The standard InChI is InChI=1S/C14H8O2.CHNO/c15-13-9-5-1-2-6-10(9)14(16)12-8-4-3-7-11(12)13;2-1-3/h1-8H;2H. The van der Waals surface area contributed by atoms with E-state index in [1.807, 2.05) is 0 Å². The molecule has 1 N–H and O–H groups in total. The van der Waals surface area contributed by atoms with E-state index in [1.54, 1.807) is 48.5 Å². The van der Waals surface area contributed by atoms with E-state index in [-0.39, 0.29) is 11.6 Å². The fourth-order valence-corrected chi connectivity index (χ4v) is 2.05. The molecule has 0 saturated carbocycles. The number of isocyanates is 1. The molecule has 0 amide bonds. The molecule has 0 saturated heterocycles. The zero-order valence-electron chi connectivity index (χ0n) is 9.84. The zero-order chi connectivity index (χ0) is 13.8. The van der Waals surface area contributed by atoms with Crippen molar-refractivity contribution in [1.29, 1.82) is 5.41 Å². The smallest absolute Gasteiger partial charge is 0.231 e. The first-order chi connectivity index (χ1) is 9.20. The van der Waals surface area contributed by atoms with E-state index in [1.165, 1.54) is 0 Å². The van der Waals surface area contributed by atoms with Gasteiger partial charge in [0.15, 0.2) is 11.6 Å². The number of fused-ring (bicyclic) bond motifs is 2.